The van der Waals surface area contributed by atoms with Crippen LogP contribution in [0.4, 0.5) is 0 Å². The predicted molar refractivity (Wildman–Crippen MR) is 160 cm³/mol. The van der Waals surface area contributed by atoms with Crippen LogP contribution in [0.2, 0.25) is 0 Å². The molecule has 0 bridgehead atoms. The molecule has 0 fully saturated rings. The second-order valence-electron chi connectivity index (χ2n) is 10.0. The fraction of sp³-hybridized carbons (Fsp3) is 0.355. The summed E-state index contributed by atoms with van der Waals surface area (Å²) in [5, 5.41) is 13.5. The van der Waals surface area contributed by atoms with Gasteiger partial charge in [0.05, 0.1) is 46.3 Å². The highest BCUT2D eigenvalue weighted by Crippen LogP contribution is 2.32. The van der Waals surface area contributed by atoms with Crippen LogP contribution in [0.15, 0.2) is 64.0 Å². The maximum absolute atomic E-state index is 13.4. The molecule has 0 spiro atoms. The van der Waals surface area contributed by atoms with Crippen LogP contribution < -0.4 is 24.5 Å². The number of tetrazole rings is 1. The molecule has 1 unspecified atom stereocenters. The van der Waals surface area contributed by atoms with Gasteiger partial charge in [-0.3, -0.25) is 9.69 Å². The fourth-order valence-electron chi connectivity index (χ4n) is 5.29. The molecule has 43 heavy (non-hydrogen) atoms. The first kappa shape index (κ1) is 29.6. The van der Waals surface area contributed by atoms with E-state index in [1.807, 2.05) is 42.5 Å². The average Bonchev–Trinajstić information content (AvgIpc) is 3.72. The molecule has 226 valence electrons. The number of H-pyrrole nitrogens is 1. The van der Waals surface area contributed by atoms with Crippen molar-refractivity contribution in [3.05, 3.63) is 87.9 Å². The SMILES string of the molecule is CCC(c1nnnn1Cc1ccco1)N(CCc1ccc(OC)c(OC)c1)Cc1cc2cc(OC)c(OC)cc2[nH]c1=O. The summed E-state index contributed by atoms with van der Waals surface area (Å²) in [6.07, 6.45) is 3.02. The molecule has 0 amide bonds. The van der Waals surface area contributed by atoms with E-state index in [-0.39, 0.29) is 11.6 Å². The highest BCUT2D eigenvalue weighted by atomic mass is 16.5. The van der Waals surface area contributed by atoms with E-state index in [1.54, 1.807) is 45.5 Å². The van der Waals surface area contributed by atoms with Gasteiger partial charge >= 0.3 is 0 Å². The largest absolute Gasteiger partial charge is 0.493 e. The molecule has 0 aliphatic heterocycles. The van der Waals surface area contributed by atoms with Crippen molar-refractivity contribution in [2.24, 2.45) is 0 Å². The van der Waals surface area contributed by atoms with Crippen molar-refractivity contribution in [3.8, 4) is 23.0 Å². The minimum absolute atomic E-state index is 0.180. The van der Waals surface area contributed by atoms with Crippen LogP contribution in [0, 0.1) is 0 Å². The van der Waals surface area contributed by atoms with E-state index in [9.17, 15) is 4.79 Å². The molecule has 2 aromatic carbocycles. The number of pyridine rings is 1. The van der Waals surface area contributed by atoms with Gasteiger partial charge in [-0.1, -0.05) is 13.0 Å². The normalized spacial score (nSPS) is 12.0. The van der Waals surface area contributed by atoms with Crippen molar-refractivity contribution in [2.45, 2.75) is 38.9 Å². The van der Waals surface area contributed by atoms with Gasteiger partial charge in [-0.15, -0.1) is 5.10 Å². The lowest BCUT2D eigenvalue weighted by Gasteiger charge is -2.30. The van der Waals surface area contributed by atoms with E-state index in [4.69, 9.17) is 23.4 Å². The van der Waals surface area contributed by atoms with Gasteiger partial charge in [-0.05, 0) is 65.2 Å². The summed E-state index contributed by atoms with van der Waals surface area (Å²) < 4.78 is 29.2. The average molecular weight is 589 g/mol. The highest BCUT2D eigenvalue weighted by molar-refractivity contribution is 5.83. The third-order valence-corrected chi connectivity index (χ3v) is 7.51. The van der Waals surface area contributed by atoms with Gasteiger partial charge < -0.3 is 28.3 Å². The summed E-state index contributed by atoms with van der Waals surface area (Å²) in [5.74, 6) is 3.90. The molecule has 3 aromatic heterocycles. The number of methoxy groups -OCH3 is 4. The van der Waals surface area contributed by atoms with E-state index in [1.165, 1.54) is 0 Å². The molecule has 1 atom stereocenters. The summed E-state index contributed by atoms with van der Waals surface area (Å²) >= 11 is 0. The van der Waals surface area contributed by atoms with Crippen molar-refractivity contribution in [3.63, 3.8) is 0 Å². The molecule has 5 rings (SSSR count). The zero-order valence-corrected chi connectivity index (χ0v) is 25.0. The number of aromatic amines is 1. The number of benzene rings is 2. The van der Waals surface area contributed by atoms with Gasteiger partial charge in [-0.2, -0.15) is 0 Å². The Kier molecular flexibility index (Phi) is 9.26. The molecule has 1 N–H and O–H groups in total. The maximum Gasteiger partial charge on any atom is 0.252 e. The lowest BCUT2D eigenvalue weighted by molar-refractivity contribution is 0.171. The lowest BCUT2D eigenvalue weighted by atomic mass is 10.1. The number of hydrogen-bond acceptors (Lipinski definition) is 10. The fourth-order valence-corrected chi connectivity index (χ4v) is 5.29. The second kappa shape index (κ2) is 13.4. The second-order valence-corrected chi connectivity index (χ2v) is 10.0. The first-order valence-electron chi connectivity index (χ1n) is 14.0. The standard InChI is InChI=1S/C31H36N6O6/c1-6-25(30-33-34-35-37(30)19-23-8-7-13-43-23)36(12-11-20-9-10-26(39-2)27(14-20)40-3)18-22-15-21-16-28(41-4)29(42-5)17-24(21)32-31(22)38/h7-10,13-17,25H,6,11-12,18-19H2,1-5H3,(H,32,38). The van der Waals surface area contributed by atoms with Crippen molar-refractivity contribution < 1.29 is 23.4 Å². The topological polar surface area (TPSA) is 130 Å². The quantitative estimate of drug-likeness (QED) is 0.199. The van der Waals surface area contributed by atoms with E-state index < -0.39 is 0 Å². The van der Waals surface area contributed by atoms with Gasteiger partial charge in [0.15, 0.2) is 28.8 Å². The van der Waals surface area contributed by atoms with Crippen molar-refractivity contribution in [1.29, 1.82) is 0 Å². The first-order chi connectivity index (χ1) is 21.0. The summed E-state index contributed by atoms with van der Waals surface area (Å²) in [6, 6.07) is 15.0. The Morgan fingerprint density at radius 1 is 0.953 bits per heavy atom. The molecular formula is C31H36N6O6. The summed E-state index contributed by atoms with van der Waals surface area (Å²) in [5.41, 5.74) is 2.16. The van der Waals surface area contributed by atoms with Gasteiger partial charge in [0.25, 0.3) is 5.56 Å². The van der Waals surface area contributed by atoms with E-state index in [2.05, 4.69) is 32.3 Å². The van der Waals surface area contributed by atoms with Crippen LogP contribution in [0.3, 0.4) is 0 Å². The maximum atomic E-state index is 13.4. The van der Waals surface area contributed by atoms with Crippen LogP contribution >= 0.6 is 0 Å². The van der Waals surface area contributed by atoms with Crippen LogP contribution in [-0.2, 0) is 19.5 Å². The number of fused-ring (bicyclic) bond motifs is 1. The summed E-state index contributed by atoms with van der Waals surface area (Å²) in [4.78, 5) is 18.6. The Labute approximate surface area is 249 Å². The van der Waals surface area contributed by atoms with Gasteiger partial charge in [0.2, 0.25) is 0 Å². The Morgan fingerprint density at radius 2 is 1.70 bits per heavy atom. The van der Waals surface area contributed by atoms with E-state index >= 15 is 0 Å². The summed E-state index contributed by atoms with van der Waals surface area (Å²) in [6.45, 7) is 3.46. The van der Waals surface area contributed by atoms with E-state index in [0.29, 0.717) is 72.4 Å². The van der Waals surface area contributed by atoms with Crippen LogP contribution in [0.1, 0.15) is 42.1 Å². The van der Waals surface area contributed by atoms with Crippen molar-refractivity contribution in [2.75, 3.05) is 35.0 Å². The molecule has 12 nitrogen and oxygen atoms in total. The van der Waals surface area contributed by atoms with Crippen LogP contribution in [-0.4, -0.2) is 65.1 Å². The number of rotatable bonds is 14. The Balaban J connectivity index is 1.50. The smallest absolute Gasteiger partial charge is 0.252 e. The number of furan rings is 1. The van der Waals surface area contributed by atoms with Crippen molar-refractivity contribution in [1.82, 2.24) is 30.1 Å². The number of hydrogen-bond donors (Lipinski definition) is 1. The van der Waals surface area contributed by atoms with E-state index in [0.717, 1.165) is 16.7 Å². The van der Waals surface area contributed by atoms with Crippen LogP contribution in [0.5, 0.6) is 23.0 Å². The minimum atomic E-state index is -0.189. The summed E-state index contributed by atoms with van der Waals surface area (Å²) in [7, 11) is 6.39. The number of ether oxygens (including phenoxy) is 4. The molecule has 5 aromatic rings. The molecule has 0 radical (unpaired) electrons. The molecule has 0 saturated carbocycles. The lowest BCUT2D eigenvalue weighted by Crippen LogP contribution is -2.34. The molecular weight excluding hydrogens is 552 g/mol. The number of nitrogens with one attached hydrogen (secondary N) is 1. The van der Waals surface area contributed by atoms with Gasteiger partial charge in [0, 0.05) is 30.1 Å². The Hall–Kier alpha value is -4.84. The molecule has 0 aliphatic carbocycles. The molecule has 12 heteroatoms. The number of nitrogens with zero attached hydrogens (tertiary/aromatic N) is 5. The monoisotopic (exact) mass is 588 g/mol. The third kappa shape index (κ3) is 6.49. The van der Waals surface area contributed by atoms with Crippen molar-refractivity contribution >= 4 is 10.9 Å². The van der Waals surface area contributed by atoms with Gasteiger partial charge in [-0.25, -0.2) is 4.68 Å². The van der Waals surface area contributed by atoms with Crippen LogP contribution in [0.25, 0.3) is 10.9 Å². The Morgan fingerprint density at radius 3 is 2.40 bits per heavy atom. The zero-order valence-electron chi connectivity index (χ0n) is 25.0. The minimum Gasteiger partial charge on any atom is -0.493 e. The zero-order chi connectivity index (χ0) is 30.3. The highest BCUT2D eigenvalue weighted by Gasteiger charge is 2.26. The molecule has 0 saturated heterocycles. The predicted octanol–water partition coefficient (Wildman–Crippen LogP) is 4.39. The molecule has 3 heterocycles. The Bertz CT molecular complexity index is 1710. The number of aromatic nitrogens is 5. The first-order valence-corrected chi connectivity index (χ1v) is 14.0. The third-order valence-electron chi connectivity index (χ3n) is 7.51. The van der Waals surface area contributed by atoms with Gasteiger partial charge in [0.1, 0.15) is 12.3 Å². The molecule has 0 aliphatic rings.